The van der Waals surface area contributed by atoms with Crippen molar-refractivity contribution in [2.45, 2.75) is 52.0 Å². The SMILES string of the molecule is CCCC1(CN=C2NC(C)(C)CS2)CC1. The van der Waals surface area contributed by atoms with Gasteiger partial charge in [0.15, 0.2) is 5.17 Å². The molecule has 0 unspecified atom stereocenters. The summed E-state index contributed by atoms with van der Waals surface area (Å²) in [5.74, 6) is 1.15. The van der Waals surface area contributed by atoms with E-state index >= 15 is 0 Å². The molecule has 1 aliphatic heterocycles. The highest BCUT2D eigenvalue weighted by molar-refractivity contribution is 8.14. The minimum Gasteiger partial charge on any atom is -0.359 e. The van der Waals surface area contributed by atoms with E-state index in [9.17, 15) is 0 Å². The lowest BCUT2D eigenvalue weighted by molar-refractivity contribution is 0.470. The molecule has 1 aliphatic carbocycles. The van der Waals surface area contributed by atoms with Gasteiger partial charge in [0.2, 0.25) is 0 Å². The van der Waals surface area contributed by atoms with Crippen LogP contribution in [0.4, 0.5) is 0 Å². The third-order valence-electron chi connectivity index (χ3n) is 3.31. The zero-order chi connectivity index (χ0) is 10.9. The van der Waals surface area contributed by atoms with E-state index < -0.39 is 0 Å². The number of hydrogen-bond donors (Lipinski definition) is 1. The molecule has 0 bridgehead atoms. The van der Waals surface area contributed by atoms with E-state index in [1.54, 1.807) is 0 Å². The lowest BCUT2D eigenvalue weighted by atomic mass is 10.0. The van der Waals surface area contributed by atoms with Gasteiger partial charge in [0.1, 0.15) is 0 Å². The van der Waals surface area contributed by atoms with Crippen molar-refractivity contribution in [2.24, 2.45) is 10.4 Å². The highest BCUT2D eigenvalue weighted by Crippen LogP contribution is 2.49. The second-order valence-corrected chi connectivity index (χ2v) is 6.63. The fraction of sp³-hybridized carbons (Fsp3) is 0.917. The molecule has 2 nitrogen and oxygen atoms in total. The summed E-state index contributed by atoms with van der Waals surface area (Å²) in [5, 5.41) is 4.65. The molecule has 2 fully saturated rings. The van der Waals surface area contributed by atoms with Crippen LogP contribution in [-0.2, 0) is 0 Å². The third kappa shape index (κ3) is 2.90. The van der Waals surface area contributed by atoms with Crippen LogP contribution in [0.3, 0.4) is 0 Å². The van der Waals surface area contributed by atoms with Gasteiger partial charge in [-0.2, -0.15) is 0 Å². The van der Waals surface area contributed by atoms with E-state index in [4.69, 9.17) is 4.99 Å². The van der Waals surface area contributed by atoms with Crippen molar-refractivity contribution in [1.82, 2.24) is 5.32 Å². The van der Waals surface area contributed by atoms with Crippen molar-refractivity contribution >= 4 is 16.9 Å². The Morgan fingerprint density at radius 3 is 2.60 bits per heavy atom. The molecule has 0 radical (unpaired) electrons. The maximum Gasteiger partial charge on any atom is 0.157 e. The van der Waals surface area contributed by atoms with E-state index in [0.29, 0.717) is 5.41 Å². The molecule has 2 aliphatic rings. The Kier molecular flexibility index (Phi) is 3.02. The Morgan fingerprint density at radius 2 is 2.13 bits per heavy atom. The standard InChI is InChI=1S/C12H22N2S/c1-4-5-12(6-7-12)8-13-10-14-11(2,3)9-15-10/h4-9H2,1-3H3,(H,13,14). The predicted octanol–water partition coefficient (Wildman–Crippen LogP) is 3.04. The Balaban J connectivity index is 1.85. The van der Waals surface area contributed by atoms with E-state index in [0.717, 1.165) is 12.3 Å². The van der Waals surface area contributed by atoms with Crippen molar-refractivity contribution in [1.29, 1.82) is 0 Å². The first-order valence-corrected chi connectivity index (χ1v) is 6.99. The first kappa shape index (κ1) is 11.3. The topological polar surface area (TPSA) is 24.4 Å². The summed E-state index contributed by atoms with van der Waals surface area (Å²) < 4.78 is 0. The number of nitrogens with one attached hydrogen (secondary N) is 1. The van der Waals surface area contributed by atoms with Crippen LogP contribution in [0.1, 0.15) is 46.5 Å². The van der Waals surface area contributed by atoms with Crippen LogP contribution in [0.2, 0.25) is 0 Å². The van der Waals surface area contributed by atoms with Crippen LogP contribution < -0.4 is 5.32 Å². The normalized spacial score (nSPS) is 29.1. The molecule has 0 spiro atoms. The van der Waals surface area contributed by atoms with Gasteiger partial charge in [-0.05, 0) is 38.5 Å². The first-order chi connectivity index (χ1) is 7.05. The average Bonchev–Trinajstić information content (AvgIpc) is 2.83. The molecular weight excluding hydrogens is 204 g/mol. The van der Waals surface area contributed by atoms with Crippen molar-refractivity contribution in [3.8, 4) is 0 Å². The van der Waals surface area contributed by atoms with Gasteiger partial charge in [0, 0.05) is 17.8 Å². The van der Waals surface area contributed by atoms with Crippen LogP contribution in [0.5, 0.6) is 0 Å². The predicted molar refractivity (Wildman–Crippen MR) is 68.5 cm³/mol. The van der Waals surface area contributed by atoms with Crippen LogP contribution in [-0.4, -0.2) is 23.0 Å². The molecule has 1 heterocycles. The number of nitrogens with zero attached hydrogens (tertiary/aromatic N) is 1. The van der Waals surface area contributed by atoms with Gasteiger partial charge >= 0.3 is 0 Å². The van der Waals surface area contributed by atoms with Crippen LogP contribution >= 0.6 is 11.8 Å². The maximum absolute atomic E-state index is 4.74. The summed E-state index contributed by atoms with van der Waals surface area (Å²) in [7, 11) is 0. The smallest absolute Gasteiger partial charge is 0.157 e. The average molecular weight is 226 g/mol. The van der Waals surface area contributed by atoms with Crippen LogP contribution in [0.15, 0.2) is 4.99 Å². The Labute approximate surface area is 97.3 Å². The van der Waals surface area contributed by atoms with Gasteiger partial charge in [-0.3, -0.25) is 4.99 Å². The van der Waals surface area contributed by atoms with Gasteiger partial charge in [-0.25, -0.2) is 0 Å². The van der Waals surface area contributed by atoms with Crippen LogP contribution in [0, 0.1) is 5.41 Å². The second-order valence-electron chi connectivity index (χ2n) is 5.67. The van der Waals surface area contributed by atoms with Crippen molar-refractivity contribution < 1.29 is 0 Å². The number of thioether (sulfide) groups is 1. The highest BCUT2D eigenvalue weighted by Gasteiger charge is 2.41. The molecule has 0 aromatic carbocycles. The Hall–Kier alpha value is -0.180. The van der Waals surface area contributed by atoms with Crippen LogP contribution in [0.25, 0.3) is 0 Å². The summed E-state index contributed by atoms with van der Waals surface area (Å²) in [6.45, 7) is 7.80. The lowest BCUT2D eigenvalue weighted by Crippen LogP contribution is -2.37. The minimum atomic E-state index is 0.241. The zero-order valence-electron chi connectivity index (χ0n) is 10.1. The molecule has 3 heteroatoms. The Morgan fingerprint density at radius 1 is 1.40 bits per heavy atom. The van der Waals surface area contributed by atoms with Crippen molar-refractivity contribution in [3.63, 3.8) is 0 Å². The Bertz CT molecular complexity index is 267. The van der Waals surface area contributed by atoms with E-state index in [2.05, 4.69) is 26.1 Å². The number of amidine groups is 1. The van der Waals surface area contributed by atoms with Gasteiger partial charge < -0.3 is 5.32 Å². The molecule has 0 amide bonds. The molecule has 1 N–H and O–H groups in total. The summed E-state index contributed by atoms with van der Waals surface area (Å²) in [6, 6.07) is 0. The van der Waals surface area contributed by atoms with Crippen molar-refractivity contribution in [3.05, 3.63) is 0 Å². The van der Waals surface area contributed by atoms with Gasteiger partial charge in [0.25, 0.3) is 0 Å². The molecule has 0 aromatic heterocycles. The molecule has 15 heavy (non-hydrogen) atoms. The lowest BCUT2D eigenvalue weighted by Gasteiger charge is -2.16. The van der Waals surface area contributed by atoms with Crippen molar-refractivity contribution in [2.75, 3.05) is 12.3 Å². The fourth-order valence-corrected chi connectivity index (χ4v) is 3.20. The van der Waals surface area contributed by atoms with Gasteiger partial charge in [-0.15, -0.1) is 0 Å². The monoisotopic (exact) mass is 226 g/mol. The second kappa shape index (κ2) is 4.00. The number of hydrogen-bond acceptors (Lipinski definition) is 2. The zero-order valence-corrected chi connectivity index (χ0v) is 10.9. The highest BCUT2D eigenvalue weighted by atomic mass is 32.2. The largest absolute Gasteiger partial charge is 0.359 e. The fourth-order valence-electron chi connectivity index (χ4n) is 2.13. The number of rotatable bonds is 4. The molecule has 1 saturated carbocycles. The van der Waals surface area contributed by atoms with E-state index in [1.807, 2.05) is 11.8 Å². The quantitative estimate of drug-likeness (QED) is 0.797. The molecule has 1 saturated heterocycles. The molecule has 2 rings (SSSR count). The summed E-state index contributed by atoms with van der Waals surface area (Å²) in [4.78, 5) is 4.74. The number of aliphatic imine (C=N–C) groups is 1. The molecular formula is C12H22N2S. The summed E-state index contributed by atoms with van der Waals surface area (Å²) in [5.41, 5.74) is 0.835. The molecule has 0 atom stereocenters. The first-order valence-electron chi connectivity index (χ1n) is 6.01. The minimum absolute atomic E-state index is 0.241. The van der Waals surface area contributed by atoms with E-state index in [-0.39, 0.29) is 5.54 Å². The molecule has 86 valence electrons. The summed E-state index contributed by atoms with van der Waals surface area (Å²) >= 11 is 1.87. The maximum atomic E-state index is 4.74. The third-order valence-corrected chi connectivity index (χ3v) is 4.68. The van der Waals surface area contributed by atoms with Gasteiger partial charge in [0.05, 0.1) is 0 Å². The molecule has 0 aromatic rings. The van der Waals surface area contributed by atoms with Gasteiger partial charge in [-0.1, -0.05) is 25.1 Å². The van der Waals surface area contributed by atoms with E-state index in [1.165, 1.54) is 30.9 Å². The summed E-state index contributed by atoms with van der Waals surface area (Å²) in [6.07, 6.45) is 5.45.